The summed E-state index contributed by atoms with van der Waals surface area (Å²) in [6, 6.07) is 2.93. The third-order valence-electron chi connectivity index (χ3n) is 3.13. The molecule has 0 spiro atoms. The van der Waals surface area contributed by atoms with Crippen LogP contribution < -0.4 is 10.6 Å². The second kappa shape index (κ2) is 7.06. The standard InChI is InChI=1S/C13H19N3O4/c17-12(9-16-6-1-4-14-5-7-16)15-8-10-2-3-11(20-10)13(18)19/h2-3,14H,1,4-9H2,(H,15,17)(H,18,19). The van der Waals surface area contributed by atoms with Crippen molar-refractivity contribution < 1.29 is 19.1 Å². The molecule has 7 heteroatoms. The van der Waals surface area contributed by atoms with Gasteiger partial charge in [0.2, 0.25) is 11.7 Å². The Morgan fingerprint density at radius 1 is 1.35 bits per heavy atom. The molecule has 7 nitrogen and oxygen atoms in total. The van der Waals surface area contributed by atoms with Gasteiger partial charge < -0.3 is 20.2 Å². The molecule has 20 heavy (non-hydrogen) atoms. The summed E-state index contributed by atoms with van der Waals surface area (Å²) in [7, 11) is 0. The normalized spacial score (nSPS) is 16.6. The Balaban J connectivity index is 1.74. The van der Waals surface area contributed by atoms with Crippen LogP contribution >= 0.6 is 0 Å². The van der Waals surface area contributed by atoms with Gasteiger partial charge in [-0.2, -0.15) is 0 Å². The number of amides is 1. The van der Waals surface area contributed by atoms with Crippen molar-refractivity contribution >= 4 is 11.9 Å². The molecule has 0 saturated carbocycles. The molecule has 0 unspecified atom stereocenters. The summed E-state index contributed by atoms with van der Waals surface area (Å²) in [6.07, 6.45) is 1.04. The number of aromatic carboxylic acids is 1. The summed E-state index contributed by atoms with van der Waals surface area (Å²) >= 11 is 0. The SMILES string of the molecule is O=C(CN1CCCNCC1)NCc1ccc(C(=O)O)o1. The Kier molecular flexibility index (Phi) is 5.14. The predicted molar refractivity (Wildman–Crippen MR) is 71.4 cm³/mol. The molecular weight excluding hydrogens is 262 g/mol. The van der Waals surface area contributed by atoms with Gasteiger partial charge in [-0.1, -0.05) is 0 Å². The van der Waals surface area contributed by atoms with Crippen molar-refractivity contribution in [2.75, 3.05) is 32.7 Å². The lowest BCUT2D eigenvalue weighted by atomic mass is 10.3. The van der Waals surface area contributed by atoms with Crippen LogP contribution in [0, 0.1) is 0 Å². The maximum absolute atomic E-state index is 11.8. The average molecular weight is 281 g/mol. The summed E-state index contributed by atoms with van der Waals surface area (Å²) in [6.45, 7) is 4.21. The van der Waals surface area contributed by atoms with Crippen molar-refractivity contribution in [1.82, 2.24) is 15.5 Å². The van der Waals surface area contributed by atoms with E-state index in [2.05, 4.69) is 15.5 Å². The van der Waals surface area contributed by atoms with Crippen molar-refractivity contribution in [2.45, 2.75) is 13.0 Å². The quantitative estimate of drug-likeness (QED) is 0.697. The highest BCUT2D eigenvalue weighted by Gasteiger charge is 2.13. The van der Waals surface area contributed by atoms with Crippen molar-refractivity contribution in [3.05, 3.63) is 23.7 Å². The van der Waals surface area contributed by atoms with Crippen molar-refractivity contribution in [3.8, 4) is 0 Å². The lowest BCUT2D eigenvalue weighted by Gasteiger charge is -2.18. The van der Waals surface area contributed by atoms with E-state index < -0.39 is 5.97 Å². The average Bonchev–Trinajstić information content (AvgIpc) is 2.75. The molecule has 2 heterocycles. The van der Waals surface area contributed by atoms with E-state index in [-0.39, 0.29) is 18.2 Å². The molecule has 0 atom stereocenters. The third kappa shape index (κ3) is 4.36. The van der Waals surface area contributed by atoms with Gasteiger partial charge in [0, 0.05) is 13.1 Å². The molecule has 110 valence electrons. The fraction of sp³-hybridized carbons (Fsp3) is 0.538. The smallest absolute Gasteiger partial charge is 0.371 e. The molecule has 0 radical (unpaired) electrons. The monoisotopic (exact) mass is 281 g/mol. The van der Waals surface area contributed by atoms with E-state index in [1.807, 2.05) is 0 Å². The number of hydrogen-bond acceptors (Lipinski definition) is 5. The molecule has 0 aromatic carbocycles. The zero-order chi connectivity index (χ0) is 14.4. The number of carbonyl (C=O) groups excluding carboxylic acids is 1. The Morgan fingerprint density at radius 3 is 2.95 bits per heavy atom. The highest BCUT2D eigenvalue weighted by molar-refractivity contribution is 5.84. The molecule has 1 aliphatic rings. The lowest BCUT2D eigenvalue weighted by molar-refractivity contribution is -0.122. The van der Waals surface area contributed by atoms with Crippen LogP contribution in [0.2, 0.25) is 0 Å². The van der Waals surface area contributed by atoms with Gasteiger partial charge in [0.1, 0.15) is 5.76 Å². The summed E-state index contributed by atoms with van der Waals surface area (Å²) in [5, 5.41) is 14.7. The van der Waals surface area contributed by atoms with Gasteiger partial charge in [0.25, 0.3) is 0 Å². The maximum atomic E-state index is 11.8. The van der Waals surface area contributed by atoms with Crippen molar-refractivity contribution in [1.29, 1.82) is 0 Å². The van der Waals surface area contributed by atoms with Gasteiger partial charge in [0.15, 0.2) is 0 Å². The number of carbonyl (C=O) groups is 2. The molecule has 1 aromatic rings. The molecule has 1 saturated heterocycles. The minimum Gasteiger partial charge on any atom is -0.475 e. The number of nitrogens with zero attached hydrogens (tertiary/aromatic N) is 1. The van der Waals surface area contributed by atoms with Crippen LogP contribution in [0.3, 0.4) is 0 Å². The van der Waals surface area contributed by atoms with Crippen LogP contribution in [0.15, 0.2) is 16.5 Å². The second-order valence-corrected chi connectivity index (χ2v) is 4.73. The summed E-state index contributed by atoms with van der Waals surface area (Å²) < 4.78 is 5.07. The third-order valence-corrected chi connectivity index (χ3v) is 3.13. The number of carboxylic acid groups (broad SMARTS) is 1. The van der Waals surface area contributed by atoms with E-state index in [1.165, 1.54) is 6.07 Å². The molecule has 1 aliphatic heterocycles. The van der Waals surface area contributed by atoms with Crippen LogP contribution in [0.5, 0.6) is 0 Å². The van der Waals surface area contributed by atoms with Gasteiger partial charge in [0.05, 0.1) is 13.1 Å². The van der Waals surface area contributed by atoms with E-state index in [4.69, 9.17) is 9.52 Å². The summed E-state index contributed by atoms with van der Waals surface area (Å²) in [4.78, 5) is 24.6. The van der Waals surface area contributed by atoms with E-state index in [1.54, 1.807) is 6.07 Å². The van der Waals surface area contributed by atoms with E-state index in [0.29, 0.717) is 12.3 Å². The van der Waals surface area contributed by atoms with Gasteiger partial charge >= 0.3 is 5.97 Å². The number of nitrogens with one attached hydrogen (secondary N) is 2. The zero-order valence-corrected chi connectivity index (χ0v) is 11.2. The van der Waals surface area contributed by atoms with Crippen LogP contribution in [-0.4, -0.2) is 54.6 Å². The van der Waals surface area contributed by atoms with Gasteiger partial charge in [-0.25, -0.2) is 4.79 Å². The first-order chi connectivity index (χ1) is 9.65. The van der Waals surface area contributed by atoms with Crippen LogP contribution in [0.4, 0.5) is 0 Å². The Morgan fingerprint density at radius 2 is 2.20 bits per heavy atom. The van der Waals surface area contributed by atoms with Gasteiger partial charge in [-0.15, -0.1) is 0 Å². The lowest BCUT2D eigenvalue weighted by Crippen LogP contribution is -2.38. The Bertz CT molecular complexity index is 464. The highest BCUT2D eigenvalue weighted by Crippen LogP contribution is 2.07. The van der Waals surface area contributed by atoms with Crippen molar-refractivity contribution in [2.24, 2.45) is 0 Å². The molecule has 3 N–H and O–H groups in total. The number of carboxylic acids is 1. The minimum atomic E-state index is -1.11. The number of rotatable bonds is 5. The molecule has 0 aliphatic carbocycles. The minimum absolute atomic E-state index is 0.0832. The molecule has 1 amide bonds. The van der Waals surface area contributed by atoms with E-state index in [0.717, 1.165) is 32.6 Å². The molecular formula is C13H19N3O4. The number of hydrogen-bond donors (Lipinski definition) is 3. The van der Waals surface area contributed by atoms with Gasteiger partial charge in [-0.3, -0.25) is 9.69 Å². The Labute approximate surface area is 116 Å². The zero-order valence-electron chi connectivity index (χ0n) is 11.2. The maximum Gasteiger partial charge on any atom is 0.371 e. The topological polar surface area (TPSA) is 94.8 Å². The molecule has 1 aromatic heterocycles. The molecule has 2 rings (SSSR count). The number of furan rings is 1. The first-order valence-electron chi connectivity index (χ1n) is 6.67. The molecule has 1 fully saturated rings. The molecule has 0 bridgehead atoms. The van der Waals surface area contributed by atoms with Crippen LogP contribution in [0.25, 0.3) is 0 Å². The van der Waals surface area contributed by atoms with Crippen LogP contribution in [-0.2, 0) is 11.3 Å². The Hall–Kier alpha value is -1.86. The summed E-state index contributed by atoms with van der Waals surface area (Å²) in [5.41, 5.74) is 0. The summed E-state index contributed by atoms with van der Waals surface area (Å²) in [5.74, 6) is -0.874. The fourth-order valence-corrected chi connectivity index (χ4v) is 2.09. The van der Waals surface area contributed by atoms with Gasteiger partial charge in [-0.05, 0) is 31.6 Å². The fourth-order valence-electron chi connectivity index (χ4n) is 2.09. The largest absolute Gasteiger partial charge is 0.475 e. The van der Waals surface area contributed by atoms with E-state index in [9.17, 15) is 9.59 Å². The van der Waals surface area contributed by atoms with E-state index >= 15 is 0 Å². The second-order valence-electron chi connectivity index (χ2n) is 4.73. The van der Waals surface area contributed by atoms with Crippen LogP contribution in [0.1, 0.15) is 22.7 Å². The predicted octanol–water partition coefficient (Wildman–Crippen LogP) is -0.111. The van der Waals surface area contributed by atoms with Crippen molar-refractivity contribution in [3.63, 3.8) is 0 Å². The first-order valence-corrected chi connectivity index (χ1v) is 6.67. The first kappa shape index (κ1) is 14.5. The highest BCUT2D eigenvalue weighted by atomic mass is 16.4.